The van der Waals surface area contributed by atoms with Gasteiger partial charge in [-0.15, -0.1) is 11.6 Å². The van der Waals surface area contributed by atoms with Crippen molar-refractivity contribution in [3.05, 3.63) is 110 Å². The molecule has 65 heavy (non-hydrogen) atoms. The first kappa shape index (κ1) is 44.3. The summed E-state index contributed by atoms with van der Waals surface area (Å²) in [4.78, 5) is 54.2. The highest BCUT2D eigenvalue weighted by atomic mass is 35.5. The quantitative estimate of drug-likeness (QED) is 0.102. The summed E-state index contributed by atoms with van der Waals surface area (Å²) in [6.07, 6.45) is 16.9. The zero-order chi connectivity index (χ0) is 44.9. The van der Waals surface area contributed by atoms with Crippen LogP contribution in [0, 0.1) is 17.2 Å². The third-order valence-corrected chi connectivity index (χ3v) is 13.1. The molecule has 21 heteroatoms. The number of alkyl halides is 1. The average Bonchev–Trinajstić information content (AvgIpc) is 4.20. The maximum Gasteiger partial charge on any atom is 0.276 e. The first-order valence-corrected chi connectivity index (χ1v) is 22.9. The van der Waals surface area contributed by atoms with Crippen molar-refractivity contribution in [1.29, 1.82) is 5.41 Å². The Balaban J connectivity index is 0.000000139. The smallest absolute Gasteiger partial charge is 0.276 e. The van der Waals surface area contributed by atoms with Crippen LogP contribution in [0.25, 0.3) is 22.8 Å². The molecular weight excluding hydrogens is 852 g/mol. The van der Waals surface area contributed by atoms with Crippen molar-refractivity contribution < 1.29 is 9.47 Å². The molecule has 0 radical (unpaired) electrons. The van der Waals surface area contributed by atoms with E-state index in [0.29, 0.717) is 34.7 Å². The van der Waals surface area contributed by atoms with Gasteiger partial charge in [0.05, 0.1) is 30.2 Å². The van der Waals surface area contributed by atoms with Crippen molar-refractivity contribution in [2.45, 2.75) is 75.6 Å². The summed E-state index contributed by atoms with van der Waals surface area (Å²) < 4.78 is 16.2. The second-order valence-electron chi connectivity index (χ2n) is 17.3. The van der Waals surface area contributed by atoms with Crippen molar-refractivity contribution in [2.24, 2.45) is 11.8 Å². The van der Waals surface area contributed by atoms with Gasteiger partial charge in [-0.1, -0.05) is 13.8 Å². The second kappa shape index (κ2) is 20.1. The molecule has 0 spiro atoms. The predicted octanol–water partition coefficient (Wildman–Crippen LogP) is 4.04. The lowest BCUT2D eigenvalue weighted by molar-refractivity contribution is 0.0831. The van der Waals surface area contributed by atoms with Crippen LogP contribution < -0.4 is 16.4 Å². The summed E-state index contributed by atoms with van der Waals surface area (Å²) in [6.45, 7) is 11.7. The van der Waals surface area contributed by atoms with E-state index in [1.807, 2.05) is 18.3 Å². The van der Waals surface area contributed by atoms with Crippen molar-refractivity contribution in [1.82, 2.24) is 73.9 Å². The van der Waals surface area contributed by atoms with Gasteiger partial charge in [-0.3, -0.25) is 14.5 Å². The first-order valence-electron chi connectivity index (χ1n) is 22.4. The molecule has 4 unspecified atom stereocenters. The number of hydrogen-bond donors (Lipinski definition) is 5. The van der Waals surface area contributed by atoms with Crippen molar-refractivity contribution >= 4 is 40.6 Å². The molecule has 20 nitrogen and oxygen atoms in total. The van der Waals surface area contributed by atoms with Crippen LogP contribution >= 0.6 is 11.6 Å². The first-order chi connectivity index (χ1) is 31.8. The maximum absolute atomic E-state index is 12.8. The summed E-state index contributed by atoms with van der Waals surface area (Å²) in [6, 6.07) is 3.85. The maximum atomic E-state index is 12.8. The van der Waals surface area contributed by atoms with Crippen LogP contribution in [0.5, 0.6) is 0 Å². The molecule has 4 saturated heterocycles. The van der Waals surface area contributed by atoms with Crippen LogP contribution in [-0.2, 0) is 21.9 Å². The number of halogens is 1. The van der Waals surface area contributed by atoms with Gasteiger partial charge in [0.2, 0.25) is 0 Å². The summed E-state index contributed by atoms with van der Waals surface area (Å²) in [5, 5.41) is 24.0. The monoisotopic (exact) mass is 906 g/mol. The Morgan fingerprint density at radius 2 is 1.46 bits per heavy atom. The number of allylic oxidation sites excluding steroid dienone is 1. The molecule has 4 aliphatic heterocycles. The molecule has 0 aromatic carbocycles. The summed E-state index contributed by atoms with van der Waals surface area (Å²) in [5.41, 5.74) is 3.54. The van der Waals surface area contributed by atoms with E-state index >= 15 is 0 Å². The normalized spacial score (nSPS) is 22.1. The van der Waals surface area contributed by atoms with Crippen LogP contribution in [0.4, 0.5) is 0 Å². The Labute approximate surface area is 378 Å². The van der Waals surface area contributed by atoms with Gasteiger partial charge in [0, 0.05) is 101 Å². The van der Waals surface area contributed by atoms with Crippen LogP contribution in [0.2, 0.25) is 0 Å². The highest BCUT2D eigenvalue weighted by Gasteiger charge is 2.34. The zero-order valence-electron chi connectivity index (χ0n) is 36.6. The van der Waals surface area contributed by atoms with Gasteiger partial charge in [-0.05, 0) is 68.3 Å². The van der Waals surface area contributed by atoms with Gasteiger partial charge >= 0.3 is 0 Å². The Morgan fingerprint density at radius 1 is 0.815 bits per heavy atom. The SMILES string of the molecule is CC1CN(Cc2cn3ncccc3n2)CC1c1nn2c(C3CCOCC3)ncc2c(=O)[nH]1.CC1CNCC1c1nn2c(C3CCOCC3)ncc2c(=O)[nH]1.N=C/C=C\c1ncc(CCl)[nH]1. The lowest BCUT2D eigenvalue weighted by Gasteiger charge is -2.21. The third kappa shape index (κ3) is 9.86. The largest absolute Gasteiger partial charge is 0.381 e. The minimum Gasteiger partial charge on any atom is -0.381 e. The minimum absolute atomic E-state index is 0.102. The number of aromatic amines is 3. The van der Waals surface area contributed by atoms with E-state index in [2.05, 4.69) is 64.1 Å². The number of imidazole rings is 4. The molecule has 0 amide bonds. The molecule has 342 valence electrons. The van der Waals surface area contributed by atoms with E-state index in [1.54, 1.807) is 50.5 Å². The molecule has 11 rings (SSSR count). The molecule has 4 aliphatic rings. The number of likely N-dealkylation sites (tertiary alicyclic amines) is 1. The number of hydrogen-bond acceptors (Lipinski definition) is 14. The number of fused-ring (bicyclic) bond motifs is 3. The molecule has 4 fully saturated rings. The van der Waals surface area contributed by atoms with Gasteiger partial charge in [0.1, 0.15) is 29.1 Å². The number of H-pyrrole nitrogens is 3. The highest BCUT2D eigenvalue weighted by molar-refractivity contribution is 6.16. The van der Waals surface area contributed by atoms with E-state index < -0.39 is 0 Å². The molecule has 7 aromatic heterocycles. The van der Waals surface area contributed by atoms with Crippen LogP contribution in [0.15, 0.2) is 58.8 Å². The number of nitrogens with one attached hydrogen (secondary N) is 5. The van der Waals surface area contributed by atoms with E-state index in [-0.39, 0.29) is 28.9 Å². The van der Waals surface area contributed by atoms with Crippen LogP contribution in [-0.4, -0.2) is 127 Å². The molecule has 0 saturated carbocycles. The van der Waals surface area contributed by atoms with E-state index in [0.717, 1.165) is 131 Å². The Hall–Kier alpha value is -5.93. The number of nitrogens with zero attached hydrogens (tertiary/aromatic N) is 11. The molecule has 0 bridgehead atoms. The van der Waals surface area contributed by atoms with Gasteiger partial charge in [-0.25, -0.2) is 33.5 Å². The van der Waals surface area contributed by atoms with Gasteiger partial charge < -0.3 is 35.2 Å². The Morgan fingerprint density at radius 3 is 2.03 bits per heavy atom. The highest BCUT2D eigenvalue weighted by Crippen LogP contribution is 2.32. The van der Waals surface area contributed by atoms with E-state index in [4.69, 9.17) is 36.7 Å². The van der Waals surface area contributed by atoms with Gasteiger partial charge in [-0.2, -0.15) is 15.3 Å². The zero-order valence-corrected chi connectivity index (χ0v) is 37.3. The Bertz CT molecular complexity index is 2830. The molecular formula is C44H55ClN16O4. The second-order valence-corrected chi connectivity index (χ2v) is 17.6. The summed E-state index contributed by atoms with van der Waals surface area (Å²) in [7, 11) is 0. The molecule has 0 aliphatic carbocycles. The molecule has 7 aromatic rings. The van der Waals surface area contributed by atoms with E-state index in [1.165, 1.54) is 6.21 Å². The van der Waals surface area contributed by atoms with Crippen LogP contribution in [0.1, 0.15) is 104 Å². The topological polar surface area (TPSA) is 243 Å². The minimum atomic E-state index is -0.127. The lowest BCUT2D eigenvalue weighted by Crippen LogP contribution is -2.24. The third-order valence-electron chi connectivity index (χ3n) is 12.8. The summed E-state index contributed by atoms with van der Waals surface area (Å²) in [5.74, 6) is 6.24. The number of aromatic nitrogens is 13. The van der Waals surface area contributed by atoms with Crippen molar-refractivity contribution in [3.63, 3.8) is 0 Å². The molecule has 4 atom stereocenters. The number of rotatable bonds is 9. The van der Waals surface area contributed by atoms with Crippen molar-refractivity contribution in [2.75, 3.05) is 52.6 Å². The number of ether oxygens (including phenoxy) is 2. The lowest BCUT2D eigenvalue weighted by atomic mass is 9.97. The average molecular weight is 907 g/mol. The van der Waals surface area contributed by atoms with Crippen LogP contribution in [0.3, 0.4) is 0 Å². The Kier molecular flexibility index (Phi) is 13.7. The summed E-state index contributed by atoms with van der Waals surface area (Å²) >= 11 is 5.53. The predicted molar refractivity (Wildman–Crippen MR) is 244 cm³/mol. The molecule has 5 N–H and O–H groups in total. The van der Waals surface area contributed by atoms with Crippen molar-refractivity contribution in [3.8, 4) is 0 Å². The molecule has 11 heterocycles. The van der Waals surface area contributed by atoms with Gasteiger partial charge in [0.25, 0.3) is 11.1 Å². The fourth-order valence-electron chi connectivity index (χ4n) is 9.25. The van der Waals surface area contributed by atoms with Gasteiger partial charge in [0.15, 0.2) is 16.7 Å². The fraction of sp³-hybridized carbons (Fsp3) is 0.500. The fourth-order valence-corrected chi connectivity index (χ4v) is 9.39. The standard InChI is InChI=1S/C22H26N8O2.C15H21N5O2.C7H8ClN3/c1-14-10-28(11-16-12-29-19(25-16)3-2-6-24-29)13-17(14)20-26-22(31)18-9-23-21(30(18)27-20)15-4-7-32-8-5-15;1-9-6-16-7-11(9)13-18-15(21)12-8-17-14(20(12)19-13)10-2-4-22-5-3-10;8-4-6-5-10-7(11-6)2-1-3-9/h2-3,6,9,12,14-15,17H,4-5,7-8,10-11,13H2,1H3,(H,26,27,31);8-11,16H,2-7H2,1H3,(H,18,19,21);1-3,5,9H,4H2,(H,10,11)/b;;2-1-,9-3?. The van der Waals surface area contributed by atoms with E-state index in [9.17, 15) is 9.59 Å².